The quantitative estimate of drug-likeness (QED) is 0.0236. The number of carbonyl (C=O) groups excluding carboxylic acids is 1. The molecule has 64 heavy (non-hydrogen) atoms. The molecule has 3 N–H and O–H groups in total. The summed E-state index contributed by atoms with van der Waals surface area (Å²) in [5.74, 6) is -0.428. The molecule has 0 saturated heterocycles. The van der Waals surface area contributed by atoms with Crippen LogP contribution in [0.2, 0.25) is 0 Å². The van der Waals surface area contributed by atoms with Gasteiger partial charge in [0.2, 0.25) is 0 Å². The van der Waals surface area contributed by atoms with E-state index >= 15 is 0 Å². The predicted octanol–water partition coefficient (Wildman–Crippen LogP) is 14.8. The molecular weight excluding hydrogens is 824 g/mol. The van der Waals surface area contributed by atoms with Gasteiger partial charge in [0.15, 0.2) is 0 Å². The Morgan fingerprint density at radius 2 is 0.891 bits per heavy atom. The van der Waals surface area contributed by atoms with Crippen LogP contribution in [0, 0.1) is 0 Å². The number of carbonyl (C=O) groups is 1. The number of rotatable bonds is 47. The third kappa shape index (κ3) is 48.8. The maximum atomic E-state index is 12.7. The number of unbranched alkanes of at least 4 members (excludes halogenated alkanes) is 17. The van der Waals surface area contributed by atoms with Crippen LogP contribution in [0.3, 0.4) is 0 Å². The van der Waals surface area contributed by atoms with Gasteiger partial charge in [-0.15, -0.1) is 0 Å². The van der Waals surface area contributed by atoms with E-state index in [0.29, 0.717) is 13.0 Å². The van der Waals surface area contributed by atoms with E-state index in [-0.39, 0.29) is 13.0 Å². The summed E-state index contributed by atoms with van der Waals surface area (Å²) >= 11 is 0. The number of hydrogen-bond donors (Lipinski definition) is 3. The molecule has 10 heteroatoms. The summed E-state index contributed by atoms with van der Waals surface area (Å²) in [7, 11) is -4.54. The van der Waals surface area contributed by atoms with E-state index in [1.807, 2.05) is 0 Å². The van der Waals surface area contributed by atoms with Crippen LogP contribution < -0.4 is 0 Å². The Hall–Kier alpha value is -2.62. The first-order chi connectivity index (χ1) is 31.3. The molecule has 0 aromatic rings. The Balaban J connectivity index is 4.20. The fourth-order valence-corrected chi connectivity index (χ4v) is 7.24. The van der Waals surface area contributed by atoms with E-state index < -0.39 is 45.8 Å². The SMILES string of the molecule is CC/C=C\C/C=C\C/C=C\C/C=C\C/C=C\C/C=C\CCCCC(=O)OC(COCCCCCCCCCCCC/C=C\C/C=C\CCCCCCC)COP(=O)(O)OCC(O)CO. The summed E-state index contributed by atoms with van der Waals surface area (Å²) in [6.07, 6.45) is 63.7. The average molecular weight is 917 g/mol. The molecule has 3 atom stereocenters. The highest BCUT2D eigenvalue weighted by Crippen LogP contribution is 2.43. The maximum absolute atomic E-state index is 12.7. The molecule has 0 fully saturated rings. The van der Waals surface area contributed by atoms with Gasteiger partial charge >= 0.3 is 13.8 Å². The van der Waals surface area contributed by atoms with Gasteiger partial charge in [-0.25, -0.2) is 4.57 Å². The Morgan fingerprint density at radius 1 is 0.500 bits per heavy atom. The van der Waals surface area contributed by atoms with Crippen molar-refractivity contribution in [1.29, 1.82) is 0 Å². The van der Waals surface area contributed by atoms with Gasteiger partial charge in [-0.1, -0.05) is 188 Å². The lowest BCUT2D eigenvalue weighted by Crippen LogP contribution is -2.29. The Kier molecular flexibility index (Phi) is 47.8. The number of aliphatic hydroxyl groups is 2. The van der Waals surface area contributed by atoms with Crippen LogP contribution in [0.25, 0.3) is 0 Å². The lowest BCUT2D eigenvalue weighted by Gasteiger charge is -2.20. The van der Waals surface area contributed by atoms with Crippen molar-refractivity contribution in [2.24, 2.45) is 0 Å². The third-order valence-corrected chi connectivity index (χ3v) is 11.2. The van der Waals surface area contributed by atoms with Gasteiger partial charge in [0.1, 0.15) is 12.2 Å². The first kappa shape index (κ1) is 61.4. The molecular formula is C54H93O9P. The first-order valence-corrected chi connectivity index (χ1v) is 26.7. The molecule has 0 radical (unpaired) electrons. The minimum absolute atomic E-state index is 0.0234. The van der Waals surface area contributed by atoms with Gasteiger partial charge in [-0.3, -0.25) is 13.8 Å². The molecule has 0 aromatic heterocycles. The fraction of sp³-hybridized carbons (Fsp3) is 0.685. The monoisotopic (exact) mass is 917 g/mol. The summed E-state index contributed by atoms with van der Waals surface area (Å²) < 4.78 is 33.5. The van der Waals surface area contributed by atoms with Crippen molar-refractivity contribution < 1.29 is 43.0 Å². The minimum Gasteiger partial charge on any atom is -0.457 e. The van der Waals surface area contributed by atoms with Gasteiger partial charge in [0.25, 0.3) is 0 Å². The molecule has 0 aromatic carbocycles. The third-order valence-electron chi connectivity index (χ3n) is 10.3. The maximum Gasteiger partial charge on any atom is 0.472 e. The molecule has 9 nitrogen and oxygen atoms in total. The summed E-state index contributed by atoms with van der Waals surface area (Å²) in [6.45, 7) is 3.32. The van der Waals surface area contributed by atoms with E-state index in [4.69, 9.17) is 23.6 Å². The summed E-state index contributed by atoms with van der Waals surface area (Å²) in [6, 6.07) is 0. The molecule has 0 rings (SSSR count). The van der Waals surface area contributed by atoms with Crippen LogP contribution in [-0.2, 0) is 27.9 Å². The lowest BCUT2D eigenvalue weighted by atomic mass is 10.1. The van der Waals surface area contributed by atoms with E-state index in [9.17, 15) is 19.4 Å². The van der Waals surface area contributed by atoms with Gasteiger partial charge in [-0.2, -0.15) is 0 Å². The van der Waals surface area contributed by atoms with Crippen molar-refractivity contribution in [1.82, 2.24) is 0 Å². The molecule has 0 spiro atoms. The van der Waals surface area contributed by atoms with E-state index in [2.05, 4.69) is 111 Å². The van der Waals surface area contributed by atoms with Crippen LogP contribution in [-0.4, -0.2) is 66.3 Å². The zero-order chi connectivity index (χ0) is 46.7. The minimum atomic E-state index is -4.54. The highest BCUT2D eigenvalue weighted by atomic mass is 31.2. The molecule has 0 aliphatic carbocycles. The number of hydrogen-bond acceptors (Lipinski definition) is 8. The lowest BCUT2D eigenvalue weighted by molar-refractivity contribution is -0.154. The second-order valence-electron chi connectivity index (χ2n) is 16.4. The van der Waals surface area contributed by atoms with Gasteiger partial charge in [-0.05, 0) is 96.3 Å². The smallest absolute Gasteiger partial charge is 0.457 e. The summed E-state index contributed by atoms with van der Waals surface area (Å²) in [4.78, 5) is 22.7. The average Bonchev–Trinajstić information content (AvgIpc) is 3.29. The van der Waals surface area contributed by atoms with Crippen LogP contribution in [0.4, 0.5) is 0 Å². The van der Waals surface area contributed by atoms with Crippen molar-refractivity contribution in [2.45, 2.75) is 206 Å². The Labute approximate surface area is 391 Å². The largest absolute Gasteiger partial charge is 0.472 e. The molecule has 3 unspecified atom stereocenters. The standard InChI is InChI=1S/C54H93O9P/c1-3-5-7-9-11-13-15-17-19-21-23-25-27-29-31-33-35-37-39-41-43-45-47-60-50-53(51-62-64(58,59)61-49-52(56)48-55)63-54(57)46-44-42-40-38-36-34-32-30-28-26-24-22-20-18-16-14-12-10-8-6-4-2/h6,8,12,14-15,17-18,20-21,23-24,26,30,32,36,38,52-53,55-56H,3-5,7,9-11,13,16,19,22,25,27-29,31,33-35,37,39-51H2,1-2H3,(H,58,59)/b8-6-,14-12-,17-15-,20-18-,23-21-,26-24-,32-30-,38-36-. The zero-order valence-electron chi connectivity index (χ0n) is 40.5. The molecule has 0 saturated carbocycles. The van der Waals surface area contributed by atoms with Crippen molar-refractivity contribution >= 4 is 13.8 Å². The van der Waals surface area contributed by atoms with Crippen molar-refractivity contribution in [2.75, 3.05) is 33.0 Å². The second-order valence-corrected chi connectivity index (χ2v) is 17.9. The molecule has 368 valence electrons. The second kappa shape index (κ2) is 49.8. The molecule has 0 aliphatic heterocycles. The number of esters is 1. The first-order valence-electron chi connectivity index (χ1n) is 25.2. The zero-order valence-corrected chi connectivity index (χ0v) is 41.4. The number of ether oxygens (including phenoxy) is 2. The van der Waals surface area contributed by atoms with E-state index in [0.717, 1.165) is 77.0 Å². The summed E-state index contributed by atoms with van der Waals surface area (Å²) in [5, 5.41) is 18.4. The number of aliphatic hydroxyl groups excluding tert-OH is 2. The Bertz CT molecular complexity index is 1320. The summed E-state index contributed by atoms with van der Waals surface area (Å²) in [5.41, 5.74) is 0. The number of allylic oxidation sites excluding steroid dienone is 16. The van der Waals surface area contributed by atoms with E-state index in [1.54, 1.807) is 0 Å². The van der Waals surface area contributed by atoms with Crippen LogP contribution >= 0.6 is 7.82 Å². The topological polar surface area (TPSA) is 132 Å². The molecule has 0 heterocycles. The normalized spacial score (nSPS) is 14.6. The molecule has 0 amide bonds. The predicted molar refractivity (Wildman–Crippen MR) is 269 cm³/mol. The Morgan fingerprint density at radius 3 is 1.34 bits per heavy atom. The van der Waals surface area contributed by atoms with Crippen molar-refractivity contribution in [3.8, 4) is 0 Å². The van der Waals surface area contributed by atoms with E-state index in [1.165, 1.54) is 89.9 Å². The van der Waals surface area contributed by atoms with Crippen LogP contribution in [0.1, 0.15) is 194 Å². The van der Waals surface area contributed by atoms with Crippen LogP contribution in [0.5, 0.6) is 0 Å². The molecule has 0 aliphatic rings. The highest BCUT2D eigenvalue weighted by molar-refractivity contribution is 7.47. The molecule has 0 bridgehead atoms. The van der Waals surface area contributed by atoms with Gasteiger partial charge in [0, 0.05) is 13.0 Å². The van der Waals surface area contributed by atoms with Crippen molar-refractivity contribution in [3.63, 3.8) is 0 Å². The number of phosphoric acid groups is 1. The fourth-order valence-electron chi connectivity index (χ4n) is 6.45. The highest BCUT2D eigenvalue weighted by Gasteiger charge is 2.26. The van der Waals surface area contributed by atoms with Gasteiger partial charge < -0.3 is 24.6 Å². The number of phosphoric ester groups is 1. The van der Waals surface area contributed by atoms with Crippen LogP contribution in [0.15, 0.2) is 97.2 Å². The van der Waals surface area contributed by atoms with Crippen molar-refractivity contribution in [3.05, 3.63) is 97.2 Å². The van der Waals surface area contributed by atoms with Gasteiger partial charge in [0.05, 0.1) is 26.4 Å².